The molecule has 2 aromatic rings. The molecule has 4 heteroatoms. The maximum Gasteiger partial charge on any atom is 0.254 e. The van der Waals surface area contributed by atoms with Crippen LogP contribution in [0.2, 0.25) is 0 Å². The van der Waals surface area contributed by atoms with E-state index in [4.69, 9.17) is 0 Å². The van der Waals surface area contributed by atoms with Crippen molar-refractivity contribution in [2.24, 2.45) is 0 Å². The first-order valence-corrected chi connectivity index (χ1v) is 3.99. The molecule has 0 bridgehead atoms. The molecule has 0 radical (unpaired) electrons. The Morgan fingerprint density at radius 1 is 1.33 bits per heavy atom. The van der Waals surface area contributed by atoms with Crippen LogP contribution in [-0.2, 0) is 0 Å². The zero-order valence-corrected chi connectivity index (χ0v) is 7.52. The van der Waals surface area contributed by atoms with Gasteiger partial charge in [-0.3, -0.25) is 4.40 Å². The summed E-state index contributed by atoms with van der Waals surface area (Å²) in [4.78, 5) is 3.99. The van der Waals surface area contributed by atoms with E-state index in [2.05, 4.69) is 15.2 Å². The van der Waals surface area contributed by atoms with Crippen LogP contribution in [-0.4, -0.2) is 19.6 Å². The predicted octanol–water partition coefficient (Wildman–Crippen LogP) is 1.46. The van der Waals surface area contributed by atoms with E-state index in [0.717, 1.165) is 5.69 Å². The van der Waals surface area contributed by atoms with E-state index in [1.54, 1.807) is 12.5 Å². The molecule has 0 aliphatic heterocycles. The van der Waals surface area contributed by atoms with Crippen molar-refractivity contribution in [3.63, 3.8) is 0 Å². The number of hydrogen-bond acceptors (Lipinski definition) is 3. The van der Waals surface area contributed by atoms with Crippen LogP contribution in [0.25, 0.3) is 5.78 Å². The lowest BCUT2D eigenvalue weighted by atomic mass is 10.4. The summed E-state index contributed by atoms with van der Waals surface area (Å²) in [6, 6.07) is 1.91. The van der Waals surface area contributed by atoms with Crippen LogP contribution in [0.15, 0.2) is 18.6 Å². The molecule has 2 aromatic heterocycles. The van der Waals surface area contributed by atoms with Gasteiger partial charge in [-0.05, 0) is 13.0 Å². The minimum atomic E-state index is 0.653. The van der Waals surface area contributed by atoms with Crippen molar-refractivity contribution >= 4 is 5.78 Å². The van der Waals surface area contributed by atoms with Gasteiger partial charge >= 0.3 is 0 Å². The zero-order chi connectivity index (χ0) is 8.97. The van der Waals surface area contributed by atoms with Crippen LogP contribution in [0.3, 0.4) is 0 Å². The molecule has 0 aliphatic rings. The minimum Gasteiger partial charge on any atom is -0.270 e. The molecule has 4 nitrogen and oxygen atoms in total. The first-order valence-electron chi connectivity index (χ1n) is 3.99. The summed E-state index contributed by atoms with van der Waals surface area (Å²) >= 11 is 0. The van der Waals surface area contributed by atoms with Crippen molar-refractivity contribution in [1.29, 1.82) is 0 Å². The van der Waals surface area contributed by atoms with Crippen LogP contribution in [0.1, 0.15) is 19.5 Å². The summed E-state index contributed by atoms with van der Waals surface area (Å²) in [5.74, 6) is 0.653. The predicted molar refractivity (Wildman–Crippen MR) is 46.9 cm³/mol. The molecule has 0 saturated heterocycles. The third-order valence-corrected chi connectivity index (χ3v) is 1.42. The smallest absolute Gasteiger partial charge is 0.254 e. The number of rotatable bonds is 0. The first kappa shape index (κ1) is 8.64. The second-order valence-electron chi connectivity index (χ2n) is 2.09. The summed E-state index contributed by atoms with van der Waals surface area (Å²) in [5, 5.41) is 7.49. The molecule has 0 aliphatic carbocycles. The Hall–Kier alpha value is -1.45. The third kappa shape index (κ3) is 1.42. The average molecular weight is 164 g/mol. The molecule has 0 N–H and O–H groups in total. The molecular formula is C8H12N4. The highest BCUT2D eigenvalue weighted by atomic mass is 15.3. The molecular weight excluding hydrogens is 152 g/mol. The molecule has 12 heavy (non-hydrogen) atoms. The molecule has 0 saturated carbocycles. The van der Waals surface area contributed by atoms with E-state index >= 15 is 0 Å². The van der Waals surface area contributed by atoms with Gasteiger partial charge in [-0.2, -0.15) is 0 Å². The quantitative estimate of drug-likeness (QED) is 0.592. The monoisotopic (exact) mass is 164 g/mol. The molecule has 0 amide bonds. The molecule has 0 spiro atoms. The van der Waals surface area contributed by atoms with Crippen molar-refractivity contribution in [3.05, 3.63) is 24.3 Å². The number of hydrogen-bond donors (Lipinski definition) is 0. The van der Waals surface area contributed by atoms with Crippen LogP contribution in [0.5, 0.6) is 0 Å². The Morgan fingerprint density at radius 2 is 2.08 bits per heavy atom. The van der Waals surface area contributed by atoms with Gasteiger partial charge in [0.1, 0.15) is 6.33 Å². The summed E-state index contributed by atoms with van der Waals surface area (Å²) in [7, 11) is 0. The van der Waals surface area contributed by atoms with Gasteiger partial charge in [-0.15, -0.1) is 10.2 Å². The Bertz CT molecular complexity index is 353. The van der Waals surface area contributed by atoms with Crippen LogP contribution in [0, 0.1) is 6.92 Å². The second kappa shape index (κ2) is 3.80. The summed E-state index contributed by atoms with van der Waals surface area (Å²) < 4.78 is 1.83. The van der Waals surface area contributed by atoms with E-state index in [1.165, 1.54) is 0 Å². The topological polar surface area (TPSA) is 43.1 Å². The van der Waals surface area contributed by atoms with E-state index in [9.17, 15) is 0 Å². The van der Waals surface area contributed by atoms with Gasteiger partial charge in [0.2, 0.25) is 0 Å². The summed E-state index contributed by atoms with van der Waals surface area (Å²) in [6.45, 7) is 5.98. The average Bonchev–Trinajstić information content (AvgIpc) is 2.57. The largest absolute Gasteiger partial charge is 0.270 e. The standard InChI is InChI=1S/C6H6N4.C2H6/c1-5-2-3-7-6-9-8-4-10(5)6;1-2/h2-4H,1H3;1-2H3. The first-order chi connectivity index (χ1) is 5.88. The Labute approximate surface area is 71.3 Å². The van der Waals surface area contributed by atoms with Crippen LogP contribution < -0.4 is 0 Å². The highest BCUT2D eigenvalue weighted by Crippen LogP contribution is 1.97. The van der Waals surface area contributed by atoms with Crippen LogP contribution in [0.4, 0.5) is 0 Å². The molecule has 64 valence electrons. The summed E-state index contributed by atoms with van der Waals surface area (Å²) in [6.07, 6.45) is 3.37. The third-order valence-electron chi connectivity index (χ3n) is 1.42. The highest BCUT2D eigenvalue weighted by molar-refractivity contribution is 5.26. The van der Waals surface area contributed by atoms with Crippen molar-refractivity contribution in [2.75, 3.05) is 0 Å². The van der Waals surface area contributed by atoms with Crippen molar-refractivity contribution < 1.29 is 0 Å². The van der Waals surface area contributed by atoms with Gasteiger partial charge in [-0.1, -0.05) is 13.8 Å². The molecule has 0 unspecified atom stereocenters. The van der Waals surface area contributed by atoms with E-state index < -0.39 is 0 Å². The van der Waals surface area contributed by atoms with Crippen molar-refractivity contribution in [1.82, 2.24) is 19.6 Å². The molecule has 2 rings (SSSR count). The Morgan fingerprint density at radius 3 is 2.75 bits per heavy atom. The molecule has 2 heterocycles. The van der Waals surface area contributed by atoms with Crippen LogP contribution >= 0.6 is 0 Å². The van der Waals surface area contributed by atoms with E-state index in [0.29, 0.717) is 5.78 Å². The molecule has 0 fully saturated rings. The lowest BCUT2D eigenvalue weighted by Crippen LogP contribution is -1.90. The minimum absolute atomic E-state index is 0.653. The fraction of sp³-hybridized carbons (Fsp3) is 0.375. The number of nitrogens with zero attached hydrogens (tertiary/aromatic N) is 4. The fourth-order valence-corrected chi connectivity index (χ4v) is 0.858. The molecule has 0 atom stereocenters. The lowest BCUT2D eigenvalue weighted by molar-refractivity contribution is 1.04. The number of aromatic nitrogens is 4. The fourth-order valence-electron chi connectivity index (χ4n) is 0.858. The SMILES string of the molecule is CC.Cc1ccnc2nncn12. The van der Waals surface area contributed by atoms with E-state index in [1.807, 2.05) is 31.2 Å². The molecule has 0 aromatic carbocycles. The van der Waals surface area contributed by atoms with Gasteiger partial charge in [-0.25, -0.2) is 4.98 Å². The maximum absolute atomic E-state index is 3.99. The van der Waals surface area contributed by atoms with Gasteiger partial charge in [0.15, 0.2) is 0 Å². The van der Waals surface area contributed by atoms with E-state index in [-0.39, 0.29) is 0 Å². The van der Waals surface area contributed by atoms with Gasteiger partial charge in [0.25, 0.3) is 5.78 Å². The van der Waals surface area contributed by atoms with Gasteiger partial charge in [0, 0.05) is 11.9 Å². The Kier molecular flexibility index (Phi) is 2.74. The Balaban J connectivity index is 0.000000336. The normalized spacial score (nSPS) is 9.25. The summed E-state index contributed by atoms with van der Waals surface area (Å²) in [5.41, 5.74) is 1.09. The van der Waals surface area contributed by atoms with Crippen molar-refractivity contribution in [2.45, 2.75) is 20.8 Å². The van der Waals surface area contributed by atoms with Gasteiger partial charge in [0.05, 0.1) is 0 Å². The zero-order valence-electron chi connectivity index (χ0n) is 7.52. The van der Waals surface area contributed by atoms with Crippen molar-refractivity contribution in [3.8, 4) is 0 Å². The number of aryl methyl sites for hydroxylation is 1. The number of fused-ring (bicyclic) bond motifs is 1. The highest BCUT2D eigenvalue weighted by Gasteiger charge is 1.95. The lowest BCUT2D eigenvalue weighted by Gasteiger charge is -1.93. The van der Waals surface area contributed by atoms with Gasteiger partial charge < -0.3 is 0 Å². The second-order valence-corrected chi connectivity index (χ2v) is 2.09. The maximum atomic E-state index is 3.99.